The number of ether oxygens (including phenoxy) is 1. The van der Waals surface area contributed by atoms with Crippen LogP contribution in [0.2, 0.25) is 0 Å². The highest BCUT2D eigenvalue weighted by molar-refractivity contribution is 5.94. The van der Waals surface area contributed by atoms with E-state index in [1.54, 1.807) is 13.2 Å². The van der Waals surface area contributed by atoms with Crippen molar-refractivity contribution in [2.24, 2.45) is 0 Å². The zero-order valence-electron chi connectivity index (χ0n) is 13.9. The summed E-state index contributed by atoms with van der Waals surface area (Å²) >= 11 is 0. The molecule has 1 amide bonds. The Morgan fingerprint density at radius 1 is 1.19 bits per heavy atom. The minimum absolute atomic E-state index is 0.173. The van der Waals surface area contributed by atoms with Crippen molar-refractivity contribution < 1.29 is 22.7 Å². The van der Waals surface area contributed by atoms with E-state index in [0.29, 0.717) is 24.5 Å². The van der Waals surface area contributed by atoms with E-state index in [1.807, 2.05) is 12.1 Å². The Labute approximate surface area is 147 Å². The number of rotatable bonds is 5. The molecular weight excluding hydrogens is 347 g/mol. The summed E-state index contributed by atoms with van der Waals surface area (Å²) in [6, 6.07) is 9.56. The van der Waals surface area contributed by atoms with Gasteiger partial charge in [0.25, 0.3) is 5.91 Å². The first-order chi connectivity index (χ1) is 12.4. The normalized spacial score (nSPS) is 11.5. The highest BCUT2D eigenvalue weighted by Crippen LogP contribution is 2.29. The average molecular weight is 363 g/mol. The lowest BCUT2D eigenvalue weighted by molar-refractivity contribution is -0.137. The van der Waals surface area contributed by atoms with E-state index in [1.165, 1.54) is 0 Å². The Hall–Kier alpha value is -3.03. The van der Waals surface area contributed by atoms with Crippen LogP contribution >= 0.6 is 0 Å². The summed E-state index contributed by atoms with van der Waals surface area (Å²) in [5.41, 5.74) is 1.00. The third-order valence-corrected chi connectivity index (χ3v) is 3.86. The first-order valence-corrected chi connectivity index (χ1v) is 7.85. The number of imidazole rings is 1. The largest absolute Gasteiger partial charge is 0.497 e. The van der Waals surface area contributed by atoms with Crippen LogP contribution in [-0.2, 0) is 12.6 Å². The molecule has 26 heavy (non-hydrogen) atoms. The van der Waals surface area contributed by atoms with Crippen LogP contribution in [0.3, 0.4) is 0 Å². The zero-order chi connectivity index (χ0) is 18.7. The second-order valence-corrected chi connectivity index (χ2v) is 5.65. The molecule has 0 aliphatic heterocycles. The van der Waals surface area contributed by atoms with Crippen LogP contribution in [-0.4, -0.2) is 29.5 Å². The molecule has 8 heteroatoms. The molecule has 3 aromatic rings. The molecule has 1 heterocycles. The SMILES string of the molecule is COc1ccc2nc(CCNC(=O)c3ccc(C(F)(F)F)cc3)[nH]c2c1. The van der Waals surface area contributed by atoms with Crippen molar-refractivity contribution in [3.05, 3.63) is 59.4 Å². The van der Waals surface area contributed by atoms with Crippen molar-refractivity contribution in [2.45, 2.75) is 12.6 Å². The molecule has 0 aliphatic rings. The molecule has 0 radical (unpaired) electrons. The Kier molecular flexibility index (Phi) is 4.83. The van der Waals surface area contributed by atoms with Crippen LogP contribution < -0.4 is 10.1 Å². The molecule has 0 fully saturated rings. The van der Waals surface area contributed by atoms with Crippen LogP contribution in [0.1, 0.15) is 21.7 Å². The van der Waals surface area contributed by atoms with Crippen molar-refractivity contribution in [1.29, 1.82) is 0 Å². The van der Waals surface area contributed by atoms with Crippen molar-refractivity contribution in [2.75, 3.05) is 13.7 Å². The lowest BCUT2D eigenvalue weighted by atomic mass is 10.1. The van der Waals surface area contributed by atoms with Gasteiger partial charge in [0.1, 0.15) is 11.6 Å². The maximum absolute atomic E-state index is 12.5. The van der Waals surface area contributed by atoms with Gasteiger partial charge in [-0.1, -0.05) is 0 Å². The number of benzene rings is 2. The van der Waals surface area contributed by atoms with Gasteiger partial charge in [-0.3, -0.25) is 4.79 Å². The Morgan fingerprint density at radius 2 is 1.92 bits per heavy atom. The molecule has 1 aromatic heterocycles. The van der Waals surface area contributed by atoms with Crippen molar-refractivity contribution in [3.63, 3.8) is 0 Å². The fourth-order valence-corrected chi connectivity index (χ4v) is 2.49. The summed E-state index contributed by atoms with van der Waals surface area (Å²) in [4.78, 5) is 19.6. The van der Waals surface area contributed by atoms with Gasteiger partial charge >= 0.3 is 6.18 Å². The predicted octanol–water partition coefficient (Wildman–Crippen LogP) is 3.56. The number of alkyl halides is 3. The number of hydrogen-bond acceptors (Lipinski definition) is 3. The summed E-state index contributed by atoms with van der Waals surface area (Å²) in [5, 5.41) is 2.67. The van der Waals surface area contributed by atoms with Gasteiger partial charge in [0.2, 0.25) is 0 Å². The van der Waals surface area contributed by atoms with Gasteiger partial charge in [-0.25, -0.2) is 4.98 Å². The molecule has 0 bridgehead atoms. The number of nitrogens with zero attached hydrogens (tertiary/aromatic N) is 1. The molecule has 0 atom stereocenters. The van der Waals surface area contributed by atoms with Crippen LogP contribution in [0.4, 0.5) is 13.2 Å². The number of fused-ring (bicyclic) bond motifs is 1. The first kappa shape index (κ1) is 17.8. The molecule has 2 N–H and O–H groups in total. The summed E-state index contributed by atoms with van der Waals surface area (Å²) in [6.45, 7) is 0.302. The van der Waals surface area contributed by atoms with Crippen LogP contribution in [0.5, 0.6) is 5.75 Å². The maximum Gasteiger partial charge on any atom is 0.416 e. The molecular formula is C18H16F3N3O2. The molecule has 0 saturated heterocycles. The average Bonchev–Trinajstić information content (AvgIpc) is 3.02. The minimum Gasteiger partial charge on any atom is -0.497 e. The Balaban J connectivity index is 1.58. The number of nitrogens with one attached hydrogen (secondary N) is 2. The Bertz CT molecular complexity index is 918. The highest BCUT2D eigenvalue weighted by Gasteiger charge is 2.30. The van der Waals surface area contributed by atoms with E-state index in [4.69, 9.17) is 4.74 Å². The number of aromatic nitrogens is 2. The summed E-state index contributed by atoms with van der Waals surface area (Å²) in [5.74, 6) is 0.973. The fraction of sp³-hybridized carbons (Fsp3) is 0.222. The molecule has 136 valence electrons. The van der Waals surface area contributed by atoms with E-state index >= 15 is 0 Å². The smallest absolute Gasteiger partial charge is 0.416 e. The third-order valence-electron chi connectivity index (χ3n) is 3.86. The third kappa shape index (κ3) is 3.96. The molecule has 0 spiro atoms. The predicted molar refractivity (Wildman–Crippen MR) is 90.1 cm³/mol. The van der Waals surface area contributed by atoms with Gasteiger partial charge in [0, 0.05) is 24.6 Å². The molecule has 5 nitrogen and oxygen atoms in total. The summed E-state index contributed by atoms with van der Waals surface area (Å²) < 4.78 is 42.7. The lowest BCUT2D eigenvalue weighted by Crippen LogP contribution is -2.26. The van der Waals surface area contributed by atoms with Crippen LogP contribution in [0, 0.1) is 0 Å². The van der Waals surface area contributed by atoms with Gasteiger partial charge in [0.05, 0.1) is 23.7 Å². The van der Waals surface area contributed by atoms with Crippen molar-refractivity contribution in [1.82, 2.24) is 15.3 Å². The first-order valence-electron chi connectivity index (χ1n) is 7.85. The second kappa shape index (κ2) is 7.07. The number of H-pyrrole nitrogens is 1. The highest BCUT2D eigenvalue weighted by atomic mass is 19.4. The molecule has 0 unspecified atom stereocenters. The number of hydrogen-bond donors (Lipinski definition) is 2. The van der Waals surface area contributed by atoms with Crippen LogP contribution in [0.15, 0.2) is 42.5 Å². The standard InChI is InChI=1S/C18H16F3N3O2/c1-26-13-6-7-14-15(10-13)24-16(23-14)8-9-22-17(25)11-2-4-12(5-3-11)18(19,20)21/h2-7,10H,8-9H2,1H3,(H,22,25)(H,23,24). The number of aromatic amines is 1. The van der Waals surface area contributed by atoms with E-state index in [2.05, 4.69) is 15.3 Å². The molecule has 0 aliphatic carbocycles. The van der Waals surface area contributed by atoms with Gasteiger partial charge < -0.3 is 15.0 Å². The number of carbonyl (C=O) groups excluding carboxylic acids is 1. The van der Waals surface area contributed by atoms with Gasteiger partial charge in [0.15, 0.2) is 0 Å². The fourth-order valence-electron chi connectivity index (χ4n) is 2.49. The topological polar surface area (TPSA) is 67.0 Å². The number of methoxy groups -OCH3 is 1. The number of halogens is 3. The molecule has 3 rings (SSSR count). The Morgan fingerprint density at radius 3 is 2.58 bits per heavy atom. The zero-order valence-corrected chi connectivity index (χ0v) is 13.9. The van der Waals surface area contributed by atoms with Gasteiger partial charge in [-0.15, -0.1) is 0 Å². The van der Waals surface area contributed by atoms with Crippen LogP contribution in [0.25, 0.3) is 11.0 Å². The van der Waals surface area contributed by atoms with Crippen molar-refractivity contribution in [3.8, 4) is 5.75 Å². The van der Waals surface area contributed by atoms with Gasteiger partial charge in [-0.05, 0) is 36.4 Å². The maximum atomic E-state index is 12.5. The molecule has 0 saturated carbocycles. The number of amides is 1. The number of carbonyl (C=O) groups is 1. The lowest BCUT2D eigenvalue weighted by Gasteiger charge is -2.08. The summed E-state index contributed by atoms with van der Waals surface area (Å²) in [6.07, 6.45) is -3.96. The monoisotopic (exact) mass is 363 g/mol. The van der Waals surface area contributed by atoms with Crippen molar-refractivity contribution >= 4 is 16.9 Å². The van der Waals surface area contributed by atoms with E-state index in [9.17, 15) is 18.0 Å². The second-order valence-electron chi connectivity index (χ2n) is 5.65. The van der Waals surface area contributed by atoms with Gasteiger partial charge in [-0.2, -0.15) is 13.2 Å². The minimum atomic E-state index is -4.42. The quantitative estimate of drug-likeness (QED) is 0.728. The van der Waals surface area contributed by atoms with E-state index < -0.39 is 17.6 Å². The molecule has 2 aromatic carbocycles. The van der Waals surface area contributed by atoms with E-state index in [0.717, 1.165) is 35.3 Å². The van der Waals surface area contributed by atoms with E-state index in [-0.39, 0.29) is 5.56 Å². The summed E-state index contributed by atoms with van der Waals surface area (Å²) in [7, 11) is 1.58.